The Kier molecular flexibility index (Phi) is 6.27. The number of aliphatic hydroxyl groups is 1. The Hall–Kier alpha value is -0.960. The van der Waals surface area contributed by atoms with Gasteiger partial charge in [-0.15, -0.1) is 0 Å². The molecular weight excluding hydrogens is 256 g/mol. The van der Waals surface area contributed by atoms with Crippen molar-refractivity contribution in [3.05, 3.63) is 18.7 Å². The van der Waals surface area contributed by atoms with Crippen molar-refractivity contribution in [2.45, 2.75) is 19.4 Å². The van der Waals surface area contributed by atoms with Gasteiger partial charge in [0.2, 0.25) is 0 Å². The predicted octanol–water partition coefficient (Wildman–Crippen LogP) is -0.578. The van der Waals surface area contributed by atoms with E-state index in [-0.39, 0.29) is 6.61 Å². The van der Waals surface area contributed by atoms with Gasteiger partial charge in [0.15, 0.2) is 0 Å². The van der Waals surface area contributed by atoms with E-state index >= 15 is 0 Å². The lowest BCUT2D eigenvalue weighted by atomic mass is 10.4. The molecule has 0 saturated carbocycles. The molecule has 1 aromatic rings. The van der Waals surface area contributed by atoms with Crippen molar-refractivity contribution in [3.63, 3.8) is 0 Å². The third kappa shape index (κ3) is 5.13. The number of imidazole rings is 1. The number of aryl methyl sites for hydroxylation is 1. The summed E-state index contributed by atoms with van der Waals surface area (Å²) in [6.07, 6.45) is 6.35. The summed E-state index contributed by atoms with van der Waals surface area (Å²) < 4.78 is 29.0. The summed E-state index contributed by atoms with van der Waals surface area (Å²) >= 11 is 0. The fourth-order valence-corrected chi connectivity index (χ4v) is 2.40. The molecule has 1 rings (SSSR count). The van der Waals surface area contributed by atoms with Crippen LogP contribution in [-0.4, -0.2) is 54.1 Å². The van der Waals surface area contributed by atoms with E-state index in [1.165, 1.54) is 11.4 Å². The quantitative estimate of drug-likeness (QED) is 0.591. The van der Waals surface area contributed by atoms with Gasteiger partial charge in [-0.25, -0.2) is 9.71 Å². The smallest absolute Gasteiger partial charge is 0.279 e. The highest BCUT2D eigenvalue weighted by Crippen LogP contribution is 1.96. The lowest BCUT2D eigenvalue weighted by molar-refractivity contribution is 0.275. The Balaban J connectivity index is 2.24. The number of rotatable bonds is 9. The zero-order chi connectivity index (χ0) is 13.4. The average molecular weight is 276 g/mol. The number of nitrogens with zero attached hydrogens (tertiary/aromatic N) is 3. The van der Waals surface area contributed by atoms with Crippen molar-refractivity contribution in [2.24, 2.45) is 0 Å². The Bertz CT molecular complexity index is 418. The largest absolute Gasteiger partial charge is 0.396 e. The maximum Gasteiger partial charge on any atom is 0.279 e. The van der Waals surface area contributed by atoms with Gasteiger partial charge in [-0.05, 0) is 12.8 Å². The summed E-state index contributed by atoms with van der Waals surface area (Å²) in [6.45, 7) is 1.40. The van der Waals surface area contributed by atoms with Gasteiger partial charge in [0, 0.05) is 45.7 Å². The zero-order valence-corrected chi connectivity index (χ0v) is 11.3. The molecule has 0 aliphatic rings. The molecule has 0 bridgehead atoms. The Morgan fingerprint density at radius 2 is 2.22 bits per heavy atom. The molecule has 0 atom stereocenters. The van der Waals surface area contributed by atoms with Gasteiger partial charge in [0.05, 0.1) is 6.33 Å². The van der Waals surface area contributed by atoms with Crippen LogP contribution in [0.25, 0.3) is 0 Å². The molecule has 0 spiro atoms. The van der Waals surface area contributed by atoms with Crippen LogP contribution in [0.1, 0.15) is 12.8 Å². The minimum absolute atomic E-state index is 0.0134. The van der Waals surface area contributed by atoms with Crippen molar-refractivity contribution >= 4 is 10.2 Å². The summed E-state index contributed by atoms with van der Waals surface area (Å²) in [6, 6.07) is 0. The van der Waals surface area contributed by atoms with Gasteiger partial charge < -0.3 is 9.67 Å². The minimum atomic E-state index is -3.43. The molecule has 104 valence electrons. The fourth-order valence-electron chi connectivity index (χ4n) is 1.41. The molecule has 0 aromatic carbocycles. The maximum atomic E-state index is 11.7. The zero-order valence-electron chi connectivity index (χ0n) is 10.5. The molecule has 1 heterocycles. The van der Waals surface area contributed by atoms with Gasteiger partial charge in [0.25, 0.3) is 10.2 Å². The third-order valence-corrected chi connectivity index (χ3v) is 4.05. The van der Waals surface area contributed by atoms with Crippen LogP contribution in [0, 0.1) is 0 Å². The standard InChI is InChI=1S/C10H20N4O3S/c1-13(6-3-9-15)18(16,17)12-4-2-7-14-8-5-11-10-14/h5,8,10,12,15H,2-4,6-7,9H2,1H3. The van der Waals surface area contributed by atoms with E-state index in [2.05, 4.69) is 9.71 Å². The van der Waals surface area contributed by atoms with Crippen molar-refractivity contribution in [3.8, 4) is 0 Å². The number of aromatic nitrogens is 2. The van der Waals surface area contributed by atoms with Crippen LogP contribution in [-0.2, 0) is 16.8 Å². The van der Waals surface area contributed by atoms with E-state index in [0.29, 0.717) is 25.9 Å². The van der Waals surface area contributed by atoms with Crippen LogP contribution in [0.2, 0.25) is 0 Å². The van der Waals surface area contributed by atoms with Gasteiger partial charge in [-0.2, -0.15) is 12.7 Å². The molecule has 0 unspecified atom stereocenters. The molecule has 0 aliphatic carbocycles. The fraction of sp³-hybridized carbons (Fsp3) is 0.700. The third-order valence-electron chi connectivity index (χ3n) is 2.48. The van der Waals surface area contributed by atoms with Crippen LogP contribution in [0.15, 0.2) is 18.7 Å². The normalized spacial score (nSPS) is 12.2. The second kappa shape index (κ2) is 7.47. The van der Waals surface area contributed by atoms with E-state index in [4.69, 9.17) is 5.11 Å². The lowest BCUT2D eigenvalue weighted by Crippen LogP contribution is -2.39. The highest BCUT2D eigenvalue weighted by Gasteiger charge is 2.15. The Morgan fingerprint density at radius 1 is 1.44 bits per heavy atom. The molecule has 0 radical (unpaired) electrons. The molecule has 0 fully saturated rings. The predicted molar refractivity (Wildman–Crippen MR) is 68.1 cm³/mol. The number of hydrogen-bond donors (Lipinski definition) is 2. The van der Waals surface area contributed by atoms with Gasteiger partial charge in [-0.3, -0.25) is 0 Å². The van der Waals surface area contributed by atoms with E-state index in [9.17, 15) is 8.42 Å². The average Bonchev–Trinajstić information content (AvgIpc) is 2.84. The van der Waals surface area contributed by atoms with E-state index in [0.717, 1.165) is 6.54 Å². The molecule has 0 aliphatic heterocycles. The summed E-state index contributed by atoms with van der Waals surface area (Å²) in [5, 5.41) is 8.65. The molecular formula is C10H20N4O3S. The molecule has 8 heteroatoms. The maximum absolute atomic E-state index is 11.7. The monoisotopic (exact) mass is 276 g/mol. The van der Waals surface area contributed by atoms with Crippen LogP contribution in [0.5, 0.6) is 0 Å². The van der Waals surface area contributed by atoms with Crippen molar-refractivity contribution in [2.75, 3.05) is 26.7 Å². The minimum Gasteiger partial charge on any atom is -0.396 e. The van der Waals surface area contributed by atoms with Crippen LogP contribution in [0.4, 0.5) is 0 Å². The molecule has 0 amide bonds. The van der Waals surface area contributed by atoms with Gasteiger partial charge in [-0.1, -0.05) is 0 Å². The molecule has 0 saturated heterocycles. The van der Waals surface area contributed by atoms with Crippen LogP contribution < -0.4 is 4.72 Å². The first kappa shape index (κ1) is 15.1. The number of aliphatic hydroxyl groups excluding tert-OH is 1. The van der Waals surface area contributed by atoms with E-state index in [1.807, 2.05) is 10.8 Å². The number of nitrogens with one attached hydrogen (secondary N) is 1. The van der Waals surface area contributed by atoms with E-state index < -0.39 is 10.2 Å². The highest BCUT2D eigenvalue weighted by atomic mass is 32.2. The topological polar surface area (TPSA) is 87.5 Å². The summed E-state index contributed by atoms with van der Waals surface area (Å²) in [5.74, 6) is 0. The van der Waals surface area contributed by atoms with Gasteiger partial charge >= 0.3 is 0 Å². The lowest BCUT2D eigenvalue weighted by Gasteiger charge is -2.17. The molecule has 1 aromatic heterocycles. The first-order valence-electron chi connectivity index (χ1n) is 5.84. The van der Waals surface area contributed by atoms with Gasteiger partial charge in [0.1, 0.15) is 0 Å². The molecule has 2 N–H and O–H groups in total. The highest BCUT2D eigenvalue weighted by molar-refractivity contribution is 7.87. The van der Waals surface area contributed by atoms with Crippen LogP contribution >= 0.6 is 0 Å². The summed E-state index contributed by atoms with van der Waals surface area (Å²) in [5.41, 5.74) is 0. The van der Waals surface area contributed by atoms with Crippen molar-refractivity contribution in [1.29, 1.82) is 0 Å². The van der Waals surface area contributed by atoms with Crippen LogP contribution in [0.3, 0.4) is 0 Å². The first-order chi connectivity index (χ1) is 8.56. The molecule has 7 nitrogen and oxygen atoms in total. The second-order valence-electron chi connectivity index (χ2n) is 3.95. The summed E-state index contributed by atoms with van der Waals surface area (Å²) in [7, 11) is -1.93. The Morgan fingerprint density at radius 3 is 2.83 bits per heavy atom. The summed E-state index contributed by atoms with van der Waals surface area (Å²) in [4.78, 5) is 3.90. The first-order valence-corrected chi connectivity index (χ1v) is 7.28. The van der Waals surface area contributed by atoms with Crippen molar-refractivity contribution in [1.82, 2.24) is 18.6 Å². The molecule has 18 heavy (non-hydrogen) atoms. The SMILES string of the molecule is CN(CCCO)S(=O)(=O)NCCCn1ccnc1. The Labute approximate surface area is 108 Å². The van der Waals surface area contributed by atoms with Crippen molar-refractivity contribution < 1.29 is 13.5 Å². The van der Waals surface area contributed by atoms with E-state index in [1.54, 1.807) is 12.5 Å². The number of hydrogen-bond acceptors (Lipinski definition) is 4. The second-order valence-corrected chi connectivity index (χ2v) is 5.81.